The molecule has 104 valence electrons. The lowest BCUT2D eigenvalue weighted by molar-refractivity contribution is -0.130. The third-order valence-electron chi connectivity index (χ3n) is 2.85. The summed E-state index contributed by atoms with van der Waals surface area (Å²) in [5.74, 6) is -0.212. The lowest BCUT2D eigenvalue weighted by Gasteiger charge is -2.18. The van der Waals surface area contributed by atoms with Crippen molar-refractivity contribution in [3.8, 4) is 5.75 Å². The third-order valence-corrected chi connectivity index (χ3v) is 2.85. The number of aromatic hydroxyl groups is 1. The van der Waals surface area contributed by atoms with Gasteiger partial charge in [0.05, 0.1) is 0 Å². The van der Waals surface area contributed by atoms with Gasteiger partial charge in [0, 0.05) is 31.6 Å². The Balaban J connectivity index is 2.41. The summed E-state index contributed by atoms with van der Waals surface area (Å²) in [6.45, 7) is 5.49. The van der Waals surface area contributed by atoms with Crippen LogP contribution in [0.4, 0.5) is 0 Å². The first-order valence-corrected chi connectivity index (χ1v) is 6.43. The number of phenolic OH excluding ortho intramolecular Hbond substituents is 1. The van der Waals surface area contributed by atoms with E-state index in [4.69, 9.17) is 0 Å². The van der Waals surface area contributed by atoms with Gasteiger partial charge in [-0.05, 0) is 32.0 Å². The molecular formula is C14H20N2O3. The number of nitrogens with one attached hydrogen (secondary N) is 1. The van der Waals surface area contributed by atoms with Crippen LogP contribution in [0.3, 0.4) is 0 Å². The van der Waals surface area contributed by atoms with Crippen molar-refractivity contribution in [1.82, 2.24) is 10.2 Å². The normalized spacial score (nSPS) is 10.0. The summed E-state index contributed by atoms with van der Waals surface area (Å²) in [4.78, 5) is 25.2. The van der Waals surface area contributed by atoms with E-state index in [0.29, 0.717) is 25.2 Å². The number of amides is 2. The number of rotatable bonds is 6. The number of phenols is 1. The quantitative estimate of drug-likeness (QED) is 0.815. The van der Waals surface area contributed by atoms with E-state index < -0.39 is 0 Å². The number of nitrogens with zero attached hydrogens (tertiary/aromatic N) is 1. The maximum atomic E-state index is 11.7. The number of carbonyl (C=O) groups is 2. The molecule has 2 amide bonds. The highest BCUT2D eigenvalue weighted by atomic mass is 16.3. The molecule has 0 atom stereocenters. The van der Waals surface area contributed by atoms with Gasteiger partial charge in [0.1, 0.15) is 5.75 Å². The Bertz CT molecular complexity index is 442. The van der Waals surface area contributed by atoms with Crippen LogP contribution < -0.4 is 5.32 Å². The molecule has 19 heavy (non-hydrogen) atoms. The van der Waals surface area contributed by atoms with Gasteiger partial charge in [-0.25, -0.2) is 0 Å². The van der Waals surface area contributed by atoms with Gasteiger partial charge >= 0.3 is 0 Å². The summed E-state index contributed by atoms with van der Waals surface area (Å²) < 4.78 is 0. The number of carbonyl (C=O) groups excluding carboxylic acids is 2. The predicted octanol–water partition coefficient (Wildman–Crippen LogP) is 1.38. The van der Waals surface area contributed by atoms with Crippen molar-refractivity contribution in [2.45, 2.75) is 20.3 Å². The summed E-state index contributed by atoms with van der Waals surface area (Å²) in [6, 6.07) is 6.11. The Morgan fingerprint density at radius 1 is 1.26 bits per heavy atom. The van der Waals surface area contributed by atoms with E-state index in [2.05, 4.69) is 5.32 Å². The molecule has 0 unspecified atom stereocenters. The first kappa shape index (κ1) is 15.0. The Morgan fingerprint density at radius 3 is 2.53 bits per heavy atom. The van der Waals surface area contributed by atoms with Crippen molar-refractivity contribution < 1.29 is 14.7 Å². The molecule has 0 radical (unpaired) electrons. The molecule has 0 aliphatic rings. The van der Waals surface area contributed by atoms with Crippen LogP contribution in [0.5, 0.6) is 5.75 Å². The van der Waals surface area contributed by atoms with E-state index in [1.165, 1.54) is 12.1 Å². The third kappa shape index (κ3) is 4.62. The molecule has 0 aromatic heterocycles. The summed E-state index contributed by atoms with van der Waals surface area (Å²) in [7, 11) is 0. The van der Waals surface area contributed by atoms with Crippen molar-refractivity contribution in [3.05, 3.63) is 29.8 Å². The van der Waals surface area contributed by atoms with Crippen molar-refractivity contribution in [3.63, 3.8) is 0 Å². The van der Waals surface area contributed by atoms with Crippen molar-refractivity contribution in [2.24, 2.45) is 0 Å². The summed E-state index contributed by atoms with van der Waals surface area (Å²) >= 11 is 0. The highest BCUT2D eigenvalue weighted by Gasteiger charge is 2.10. The lowest BCUT2D eigenvalue weighted by atomic mass is 10.2. The molecule has 5 heteroatoms. The molecule has 0 saturated heterocycles. The lowest BCUT2D eigenvalue weighted by Crippen LogP contribution is -2.34. The Labute approximate surface area is 113 Å². The molecule has 0 spiro atoms. The summed E-state index contributed by atoms with van der Waals surface area (Å²) in [6.07, 6.45) is 0.284. The molecule has 0 aliphatic heterocycles. The van der Waals surface area contributed by atoms with Crippen molar-refractivity contribution >= 4 is 11.8 Å². The van der Waals surface area contributed by atoms with Gasteiger partial charge in [-0.3, -0.25) is 9.59 Å². The molecule has 1 aromatic rings. The van der Waals surface area contributed by atoms with Crippen LogP contribution in [0, 0.1) is 0 Å². The molecule has 0 bridgehead atoms. The predicted molar refractivity (Wildman–Crippen MR) is 73.0 cm³/mol. The van der Waals surface area contributed by atoms with Crippen LogP contribution in [0.1, 0.15) is 30.6 Å². The molecule has 0 fully saturated rings. The van der Waals surface area contributed by atoms with E-state index in [0.717, 1.165) is 0 Å². The largest absolute Gasteiger partial charge is 0.508 e. The van der Waals surface area contributed by atoms with E-state index in [1.807, 2.05) is 13.8 Å². The molecule has 2 N–H and O–H groups in total. The average Bonchev–Trinajstić information content (AvgIpc) is 2.40. The van der Waals surface area contributed by atoms with Gasteiger partial charge in [-0.15, -0.1) is 0 Å². The van der Waals surface area contributed by atoms with Gasteiger partial charge < -0.3 is 15.3 Å². The fraction of sp³-hybridized carbons (Fsp3) is 0.429. The maximum absolute atomic E-state index is 11.7. The number of benzene rings is 1. The van der Waals surface area contributed by atoms with Crippen LogP contribution in [0.2, 0.25) is 0 Å². The van der Waals surface area contributed by atoms with Gasteiger partial charge in [0.2, 0.25) is 5.91 Å². The molecule has 5 nitrogen and oxygen atoms in total. The minimum absolute atomic E-state index is 0.0289. The number of hydrogen-bond donors (Lipinski definition) is 2. The molecule has 0 aliphatic carbocycles. The Morgan fingerprint density at radius 2 is 1.95 bits per heavy atom. The minimum atomic E-state index is -0.289. The van der Waals surface area contributed by atoms with Gasteiger partial charge in [-0.2, -0.15) is 0 Å². The van der Waals surface area contributed by atoms with Crippen LogP contribution in [0.25, 0.3) is 0 Å². The van der Waals surface area contributed by atoms with E-state index in [-0.39, 0.29) is 24.0 Å². The second-order valence-electron chi connectivity index (χ2n) is 4.12. The van der Waals surface area contributed by atoms with Crippen molar-refractivity contribution in [2.75, 3.05) is 19.6 Å². The van der Waals surface area contributed by atoms with Gasteiger partial charge in [-0.1, -0.05) is 6.07 Å². The fourth-order valence-electron chi connectivity index (χ4n) is 1.77. The van der Waals surface area contributed by atoms with Crippen LogP contribution >= 0.6 is 0 Å². The standard InChI is InChI=1S/C14H20N2O3/c1-3-16(4-2)13(18)8-9-15-14(19)11-6-5-7-12(17)10-11/h5-7,10,17H,3-4,8-9H2,1-2H3,(H,15,19). The summed E-state index contributed by atoms with van der Waals surface area (Å²) in [5.41, 5.74) is 0.385. The van der Waals surface area contributed by atoms with Crippen molar-refractivity contribution in [1.29, 1.82) is 0 Å². The zero-order valence-electron chi connectivity index (χ0n) is 11.3. The Kier molecular flexibility index (Phi) is 5.85. The first-order valence-electron chi connectivity index (χ1n) is 6.43. The SMILES string of the molecule is CCN(CC)C(=O)CCNC(=O)c1cccc(O)c1. The van der Waals surface area contributed by atoms with Crippen LogP contribution in [-0.4, -0.2) is 41.5 Å². The molecule has 1 aromatic carbocycles. The topological polar surface area (TPSA) is 69.6 Å². The van der Waals surface area contributed by atoms with Crippen LogP contribution in [0.15, 0.2) is 24.3 Å². The smallest absolute Gasteiger partial charge is 0.251 e. The Hall–Kier alpha value is -2.04. The molecule has 0 heterocycles. The van der Waals surface area contributed by atoms with Crippen LogP contribution in [-0.2, 0) is 4.79 Å². The highest BCUT2D eigenvalue weighted by Crippen LogP contribution is 2.10. The fourth-order valence-corrected chi connectivity index (χ4v) is 1.77. The second kappa shape index (κ2) is 7.41. The maximum Gasteiger partial charge on any atom is 0.251 e. The van der Waals surface area contributed by atoms with Gasteiger partial charge in [0.25, 0.3) is 5.91 Å². The monoisotopic (exact) mass is 264 g/mol. The van der Waals surface area contributed by atoms with E-state index >= 15 is 0 Å². The highest BCUT2D eigenvalue weighted by molar-refractivity contribution is 5.94. The molecule has 0 saturated carbocycles. The molecule has 1 rings (SSSR count). The average molecular weight is 264 g/mol. The molecular weight excluding hydrogens is 244 g/mol. The number of hydrogen-bond acceptors (Lipinski definition) is 3. The minimum Gasteiger partial charge on any atom is -0.508 e. The van der Waals surface area contributed by atoms with Gasteiger partial charge in [0.15, 0.2) is 0 Å². The van der Waals surface area contributed by atoms with E-state index in [1.54, 1.807) is 17.0 Å². The first-order chi connectivity index (χ1) is 9.08. The second-order valence-corrected chi connectivity index (χ2v) is 4.12. The summed E-state index contributed by atoms with van der Waals surface area (Å²) in [5, 5.41) is 11.9. The van der Waals surface area contributed by atoms with E-state index in [9.17, 15) is 14.7 Å². The zero-order valence-corrected chi connectivity index (χ0v) is 11.3. The zero-order chi connectivity index (χ0) is 14.3.